The van der Waals surface area contributed by atoms with Crippen molar-refractivity contribution < 1.29 is 4.79 Å². The van der Waals surface area contributed by atoms with Crippen LogP contribution in [0.4, 0.5) is 5.69 Å². The Bertz CT molecular complexity index is 530. The quantitative estimate of drug-likeness (QED) is 0.868. The summed E-state index contributed by atoms with van der Waals surface area (Å²) in [5.41, 5.74) is 6.85. The van der Waals surface area contributed by atoms with Gasteiger partial charge in [-0.15, -0.1) is 24.8 Å². The summed E-state index contributed by atoms with van der Waals surface area (Å²) < 4.78 is 1.92. The second-order valence-electron chi connectivity index (χ2n) is 4.49. The number of rotatable bonds is 5. The number of nitrogen functional groups attached to an aromatic ring is 1. The summed E-state index contributed by atoms with van der Waals surface area (Å²) in [4.78, 5) is 19.9. The molecule has 0 bridgehead atoms. The summed E-state index contributed by atoms with van der Waals surface area (Å²) in [6, 6.07) is 3.54. The van der Waals surface area contributed by atoms with Gasteiger partial charge < -0.3 is 15.6 Å². The summed E-state index contributed by atoms with van der Waals surface area (Å²) >= 11 is 0. The Morgan fingerprint density at radius 1 is 1.43 bits per heavy atom. The van der Waals surface area contributed by atoms with Gasteiger partial charge in [0.1, 0.15) is 0 Å². The number of nitrogens with zero attached hydrogens (tertiary/aromatic N) is 3. The van der Waals surface area contributed by atoms with E-state index in [-0.39, 0.29) is 43.2 Å². The molecule has 8 heteroatoms. The molecule has 0 aromatic carbocycles. The molecule has 2 aromatic rings. The Morgan fingerprint density at radius 3 is 2.76 bits per heavy atom. The fourth-order valence-electron chi connectivity index (χ4n) is 1.79. The Morgan fingerprint density at radius 2 is 2.19 bits per heavy atom. The van der Waals surface area contributed by atoms with Crippen molar-refractivity contribution in [1.82, 2.24) is 19.9 Å². The summed E-state index contributed by atoms with van der Waals surface area (Å²) in [6.45, 7) is 2.65. The van der Waals surface area contributed by atoms with Gasteiger partial charge in [0.15, 0.2) is 0 Å². The van der Waals surface area contributed by atoms with Gasteiger partial charge >= 0.3 is 0 Å². The van der Waals surface area contributed by atoms with Crippen LogP contribution in [-0.2, 0) is 17.8 Å². The SMILES string of the molecule is CC(Cn1ccnc1)NC(=O)Cc1ccc(N)cn1.Cl.Cl. The van der Waals surface area contributed by atoms with Crippen LogP contribution >= 0.6 is 24.8 Å². The molecule has 0 aliphatic heterocycles. The summed E-state index contributed by atoms with van der Waals surface area (Å²) in [6.07, 6.45) is 7.12. The number of halogens is 2. The topological polar surface area (TPSA) is 85.8 Å². The second kappa shape index (κ2) is 9.20. The van der Waals surface area contributed by atoms with Crippen molar-refractivity contribution in [3.63, 3.8) is 0 Å². The van der Waals surface area contributed by atoms with Gasteiger partial charge in [-0.05, 0) is 19.1 Å². The number of hydrogen-bond donors (Lipinski definition) is 2. The van der Waals surface area contributed by atoms with Crippen molar-refractivity contribution in [2.45, 2.75) is 25.9 Å². The number of amides is 1. The number of imidazole rings is 1. The van der Waals surface area contributed by atoms with Gasteiger partial charge in [-0.2, -0.15) is 0 Å². The van der Waals surface area contributed by atoms with E-state index < -0.39 is 0 Å². The normalized spacial score (nSPS) is 10.9. The number of pyridine rings is 1. The number of hydrogen-bond acceptors (Lipinski definition) is 4. The van der Waals surface area contributed by atoms with E-state index in [1.807, 2.05) is 17.7 Å². The zero-order chi connectivity index (χ0) is 13.7. The van der Waals surface area contributed by atoms with Crippen LogP contribution in [0.2, 0.25) is 0 Å². The Balaban J connectivity index is 0.00000200. The van der Waals surface area contributed by atoms with Gasteiger partial charge in [-0.3, -0.25) is 9.78 Å². The van der Waals surface area contributed by atoms with E-state index in [2.05, 4.69) is 15.3 Å². The van der Waals surface area contributed by atoms with E-state index in [9.17, 15) is 4.79 Å². The third-order valence-corrected chi connectivity index (χ3v) is 2.64. The maximum atomic E-state index is 11.8. The first-order valence-corrected chi connectivity index (χ1v) is 6.09. The monoisotopic (exact) mass is 331 g/mol. The Kier molecular flexibility index (Phi) is 8.42. The van der Waals surface area contributed by atoms with E-state index in [4.69, 9.17) is 5.73 Å². The van der Waals surface area contributed by atoms with Crippen LogP contribution in [0.15, 0.2) is 37.1 Å². The first-order chi connectivity index (χ1) is 9.13. The minimum absolute atomic E-state index is 0. The van der Waals surface area contributed by atoms with E-state index in [0.29, 0.717) is 17.9 Å². The molecular formula is C13H19Cl2N5O. The second-order valence-corrected chi connectivity index (χ2v) is 4.49. The third kappa shape index (κ3) is 6.46. The Labute approximate surface area is 136 Å². The minimum Gasteiger partial charge on any atom is -0.397 e. The lowest BCUT2D eigenvalue weighted by atomic mass is 10.2. The fraction of sp³-hybridized carbons (Fsp3) is 0.308. The van der Waals surface area contributed by atoms with Crippen LogP contribution in [0.5, 0.6) is 0 Å². The van der Waals surface area contributed by atoms with Crippen molar-refractivity contribution in [2.75, 3.05) is 5.73 Å². The molecule has 0 aliphatic carbocycles. The predicted molar refractivity (Wildman–Crippen MR) is 86.7 cm³/mol. The van der Waals surface area contributed by atoms with Gasteiger partial charge in [-0.25, -0.2) is 4.98 Å². The lowest BCUT2D eigenvalue weighted by molar-refractivity contribution is -0.121. The zero-order valence-electron chi connectivity index (χ0n) is 11.6. The summed E-state index contributed by atoms with van der Waals surface area (Å²) in [5.74, 6) is -0.0510. The maximum absolute atomic E-state index is 11.8. The molecule has 2 heterocycles. The van der Waals surface area contributed by atoms with Gasteiger partial charge in [0.05, 0.1) is 24.6 Å². The number of aromatic nitrogens is 3. The molecule has 0 fully saturated rings. The highest BCUT2D eigenvalue weighted by Gasteiger charge is 2.09. The van der Waals surface area contributed by atoms with Gasteiger partial charge in [0.25, 0.3) is 0 Å². The van der Waals surface area contributed by atoms with Crippen molar-refractivity contribution in [2.24, 2.45) is 0 Å². The van der Waals surface area contributed by atoms with Gasteiger partial charge in [0.2, 0.25) is 5.91 Å². The molecule has 3 N–H and O–H groups in total. The summed E-state index contributed by atoms with van der Waals surface area (Å²) in [7, 11) is 0. The molecule has 116 valence electrons. The highest BCUT2D eigenvalue weighted by atomic mass is 35.5. The molecule has 2 rings (SSSR count). The molecule has 0 saturated carbocycles. The lowest BCUT2D eigenvalue weighted by Crippen LogP contribution is -2.36. The van der Waals surface area contributed by atoms with Crippen LogP contribution in [0, 0.1) is 0 Å². The average molecular weight is 332 g/mol. The van der Waals surface area contributed by atoms with Crippen LogP contribution in [0.3, 0.4) is 0 Å². The smallest absolute Gasteiger partial charge is 0.226 e. The highest BCUT2D eigenvalue weighted by Crippen LogP contribution is 2.02. The van der Waals surface area contributed by atoms with Crippen LogP contribution in [-0.4, -0.2) is 26.5 Å². The van der Waals surface area contributed by atoms with Gasteiger partial charge in [-0.1, -0.05) is 0 Å². The van der Waals surface area contributed by atoms with Crippen LogP contribution in [0.25, 0.3) is 0 Å². The number of nitrogens with two attached hydrogens (primary N) is 1. The average Bonchev–Trinajstić information content (AvgIpc) is 2.84. The van der Waals surface area contributed by atoms with E-state index >= 15 is 0 Å². The lowest BCUT2D eigenvalue weighted by Gasteiger charge is -2.14. The van der Waals surface area contributed by atoms with E-state index in [0.717, 1.165) is 0 Å². The molecule has 0 saturated heterocycles. The van der Waals surface area contributed by atoms with Crippen LogP contribution < -0.4 is 11.1 Å². The van der Waals surface area contributed by atoms with Crippen molar-refractivity contribution in [3.05, 3.63) is 42.7 Å². The molecule has 1 amide bonds. The number of nitrogens with one attached hydrogen (secondary N) is 1. The van der Waals surface area contributed by atoms with Crippen molar-refractivity contribution in [3.8, 4) is 0 Å². The third-order valence-electron chi connectivity index (χ3n) is 2.64. The van der Waals surface area contributed by atoms with E-state index in [1.165, 1.54) is 0 Å². The minimum atomic E-state index is -0.0510. The van der Waals surface area contributed by atoms with E-state index in [1.54, 1.807) is 30.9 Å². The molecular weight excluding hydrogens is 313 g/mol. The Hall–Kier alpha value is -1.79. The first-order valence-electron chi connectivity index (χ1n) is 6.09. The van der Waals surface area contributed by atoms with Crippen LogP contribution in [0.1, 0.15) is 12.6 Å². The van der Waals surface area contributed by atoms with Crippen molar-refractivity contribution >= 4 is 36.4 Å². The number of carbonyl (C=O) groups excluding carboxylic acids is 1. The molecule has 0 spiro atoms. The first kappa shape index (κ1) is 19.2. The largest absolute Gasteiger partial charge is 0.397 e. The zero-order valence-corrected chi connectivity index (χ0v) is 13.2. The molecule has 0 radical (unpaired) electrons. The predicted octanol–water partition coefficient (Wildman–Crippen LogP) is 1.45. The standard InChI is InChI=1S/C13H17N5O.2ClH/c1-10(8-18-5-4-15-9-18)17-13(19)6-12-3-2-11(14)7-16-12;;/h2-5,7,9-10H,6,8,14H2,1H3,(H,17,19);2*1H. The van der Waals surface area contributed by atoms with Crippen molar-refractivity contribution in [1.29, 1.82) is 0 Å². The molecule has 1 unspecified atom stereocenters. The number of carbonyl (C=O) groups is 1. The molecule has 0 aliphatic rings. The molecule has 6 nitrogen and oxygen atoms in total. The summed E-state index contributed by atoms with van der Waals surface area (Å²) in [5, 5.41) is 2.92. The number of anilines is 1. The fourth-order valence-corrected chi connectivity index (χ4v) is 1.79. The molecule has 1 atom stereocenters. The molecule has 21 heavy (non-hydrogen) atoms. The highest BCUT2D eigenvalue weighted by molar-refractivity contribution is 5.85. The molecule has 2 aromatic heterocycles. The van der Waals surface area contributed by atoms with Gasteiger partial charge in [0, 0.05) is 30.7 Å². The maximum Gasteiger partial charge on any atom is 0.226 e.